The lowest BCUT2D eigenvalue weighted by molar-refractivity contribution is -0.105. The highest BCUT2D eigenvalue weighted by Crippen LogP contribution is 2.42. The van der Waals surface area contributed by atoms with Gasteiger partial charge in [-0.05, 0) is 23.3 Å². The van der Waals surface area contributed by atoms with E-state index in [1.54, 1.807) is 0 Å². The Kier molecular flexibility index (Phi) is 3.35. The Morgan fingerprint density at radius 3 is 2.64 bits per heavy atom. The summed E-state index contributed by atoms with van der Waals surface area (Å²) in [6, 6.07) is 12.9. The molecule has 0 N–H and O–H groups in total. The van der Waals surface area contributed by atoms with Crippen molar-refractivity contribution >= 4 is 10.8 Å². The fraction of sp³-hybridized carbons (Fsp3) is 0.474. The topological polar surface area (TPSA) is 21.7 Å². The van der Waals surface area contributed by atoms with Crippen molar-refractivity contribution in [1.82, 2.24) is 4.90 Å². The number of rotatable bonds is 1. The fourth-order valence-electron chi connectivity index (χ4n) is 3.81. The predicted molar refractivity (Wildman–Crippen MR) is 88.2 cm³/mol. The van der Waals surface area contributed by atoms with Crippen molar-refractivity contribution < 1.29 is 9.47 Å². The second-order valence-corrected chi connectivity index (χ2v) is 7.05. The Hall–Kier alpha value is -1.58. The molecule has 3 heteroatoms. The SMILES string of the molecule is CC1(C)Cc2c(ccc3ccccc23)OC1N1CCOCC1. The van der Waals surface area contributed by atoms with E-state index in [4.69, 9.17) is 9.47 Å². The van der Waals surface area contributed by atoms with Gasteiger partial charge in [0.25, 0.3) is 0 Å². The van der Waals surface area contributed by atoms with Crippen LogP contribution in [0.15, 0.2) is 36.4 Å². The van der Waals surface area contributed by atoms with Crippen LogP contribution in [0.25, 0.3) is 10.8 Å². The highest BCUT2D eigenvalue weighted by Gasteiger charge is 2.41. The number of benzene rings is 2. The van der Waals surface area contributed by atoms with Gasteiger partial charge >= 0.3 is 0 Å². The molecule has 2 aromatic rings. The molecule has 1 unspecified atom stereocenters. The lowest BCUT2D eigenvalue weighted by Gasteiger charge is -2.46. The van der Waals surface area contributed by atoms with E-state index in [-0.39, 0.29) is 11.6 Å². The Bertz CT molecular complexity index is 689. The van der Waals surface area contributed by atoms with Crippen LogP contribution in [0.4, 0.5) is 0 Å². The molecule has 0 bridgehead atoms. The van der Waals surface area contributed by atoms with Crippen molar-refractivity contribution in [2.75, 3.05) is 26.3 Å². The molecule has 0 aromatic heterocycles. The highest BCUT2D eigenvalue weighted by molar-refractivity contribution is 5.88. The lowest BCUT2D eigenvalue weighted by Crippen LogP contribution is -2.55. The molecular formula is C19H23NO2. The molecule has 2 heterocycles. The van der Waals surface area contributed by atoms with Crippen molar-refractivity contribution in [2.45, 2.75) is 26.5 Å². The highest BCUT2D eigenvalue weighted by atomic mass is 16.5. The van der Waals surface area contributed by atoms with E-state index in [2.05, 4.69) is 55.1 Å². The molecule has 1 saturated heterocycles. The first-order valence-corrected chi connectivity index (χ1v) is 8.14. The molecule has 1 atom stereocenters. The van der Waals surface area contributed by atoms with Crippen LogP contribution in [0.5, 0.6) is 5.75 Å². The molecule has 3 nitrogen and oxygen atoms in total. The third-order valence-corrected chi connectivity index (χ3v) is 4.91. The number of hydrogen-bond donors (Lipinski definition) is 0. The molecule has 0 saturated carbocycles. The van der Waals surface area contributed by atoms with E-state index in [9.17, 15) is 0 Å². The second kappa shape index (κ2) is 5.25. The summed E-state index contributed by atoms with van der Waals surface area (Å²) in [6.07, 6.45) is 1.18. The number of fused-ring (bicyclic) bond motifs is 3. The van der Waals surface area contributed by atoms with Gasteiger partial charge in [-0.2, -0.15) is 0 Å². The molecule has 0 amide bonds. The molecule has 2 aliphatic rings. The summed E-state index contributed by atoms with van der Waals surface area (Å²) < 4.78 is 12.0. The molecule has 2 aromatic carbocycles. The minimum Gasteiger partial charge on any atom is -0.474 e. The molecular weight excluding hydrogens is 274 g/mol. The zero-order chi connectivity index (χ0) is 15.2. The summed E-state index contributed by atoms with van der Waals surface area (Å²) >= 11 is 0. The molecule has 22 heavy (non-hydrogen) atoms. The van der Waals surface area contributed by atoms with E-state index in [0.29, 0.717) is 0 Å². The summed E-state index contributed by atoms with van der Waals surface area (Å²) in [5.41, 5.74) is 1.45. The molecule has 2 aliphatic heterocycles. The second-order valence-electron chi connectivity index (χ2n) is 7.05. The number of morpholine rings is 1. The lowest BCUT2D eigenvalue weighted by atomic mass is 9.79. The minimum atomic E-state index is 0.0917. The number of ether oxygens (including phenoxy) is 2. The van der Waals surface area contributed by atoms with E-state index in [0.717, 1.165) is 38.5 Å². The summed E-state index contributed by atoms with van der Waals surface area (Å²) in [5, 5.41) is 2.62. The first-order valence-electron chi connectivity index (χ1n) is 8.14. The molecule has 0 spiro atoms. The van der Waals surface area contributed by atoms with E-state index in [1.807, 2.05) is 0 Å². The van der Waals surface area contributed by atoms with Gasteiger partial charge < -0.3 is 9.47 Å². The van der Waals surface area contributed by atoms with Crippen molar-refractivity contribution in [3.63, 3.8) is 0 Å². The van der Waals surface area contributed by atoms with Gasteiger partial charge in [-0.25, -0.2) is 0 Å². The molecule has 116 valence electrons. The first kappa shape index (κ1) is 14.0. The summed E-state index contributed by atoms with van der Waals surface area (Å²) in [7, 11) is 0. The van der Waals surface area contributed by atoms with Gasteiger partial charge in [-0.15, -0.1) is 0 Å². The van der Waals surface area contributed by atoms with Gasteiger partial charge in [-0.3, -0.25) is 4.90 Å². The Morgan fingerprint density at radius 2 is 1.82 bits per heavy atom. The van der Waals surface area contributed by atoms with E-state index >= 15 is 0 Å². The van der Waals surface area contributed by atoms with Crippen molar-refractivity contribution in [1.29, 1.82) is 0 Å². The van der Waals surface area contributed by atoms with Crippen LogP contribution in [0.1, 0.15) is 19.4 Å². The van der Waals surface area contributed by atoms with Crippen LogP contribution in [0.2, 0.25) is 0 Å². The maximum atomic E-state index is 6.47. The number of nitrogens with zero attached hydrogens (tertiary/aromatic N) is 1. The van der Waals surface area contributed by atoms with Crippen LogP contribution in [0.3, 0.4) is 0 Å². The normalized spacial score (nSPS) is 24.7. The van der Waals surface area contributed by atoms with Crippen LogP contribution < -0.4 is 4.74 Å². The zero-order valence-corrected chi connectivity index (χ0v) is 13.3. The van der Waals surface area contributed by atoms with Crippen LogP contribution >= 0.6 is 0 Å². The van der Waals surface area contributed by atoms with Gasteiger partial charge in [0.2, 0.25) is 0 Å². The van der Waals surface area contributed by atoms with E-state index in [1.165, 1.54) is 16.3 Å². The number of hydrogen-bond acceptors (Lipinski definition) is 3. The fourth-order valence-corrected chi connectivity index (χ4v) is 3.81. The zero-order valence-electron chi connectivity index (χ0n) is 13.3. The summed E-state index contributed by atoms with van der Waals surface area (Å²) in [4.78, 5) is 2.43. The Balaban J connectivity index is 1.74. The average Bonchev–Trinajstić information content (AvgIpc) is 2.54. The van der Waals surface area contributed by atoms with E-state index < -0.39 is 0 Å². The largest absolute Gasteiger partial charge is 0.474 e. The van der Waals surface area contributed by atoms with Gasteiger partial charge in [0.15, 0.2) is 6.23 Å². The van der Waals surface area contributed by atoms with Gasteiger partial charge in [-0.1, -0.05) is 44.2 Å². The Labute approximate surface area is 131 Å². The van der Waals surface area contributed by atoms with Crippen molar-refractivity contribution in [3.05, 3.63) is 42.0 Å². The standard InChI is InChI=1S/C19H23NO2/c1-19(2)13-16-15-6-4-3-5-14(15)7-8-17(16)22-18(19)20-9-11-21-12-10-20/h3-8,18H,9-13H2,1-2H3. The molecule has 1 fully saturated rings. The van der Waals surface area contributed by atoms with Crippen LogP contribution in [0, 0.1) is 5.41 Å². The minimum absolute atomic E-state index is 0.0917. The third-order valence-electron chi connectivity index (χ3n) is 4.91. The Morgan fingerprint density at radius 1 is 1.05 bits per heavy atom. The molecule has 0 aliphatic carbocycles. The van der Waals surface area contributed by atoms with Gasteiger partial charge in [0, 0.05) is 24.1 Å². The summed E-state index contributed by atoms with van der Waals surface area (Å²) in [6.45, 7) is 8.16. The van der Waals surface area contributed by atoms with Crippen molar-refractivity contribution in [3.8, 4) is 5.75 Å². The smallest absolute Gasteiger partial charge is 0.158 e. The van der Waals surface area contributed by atoms with Crippen LogP contribution in [-0.4, -0.2) is 37.4 Å². The summed E-state index contributed by atoms with van der Waals surface area (Å²) in [5.74, 6) is 1.05. The first-order chi connectivity index (χ1) is 10.6. The van der Waals surface area contributed by atoms with Gasteiger partial charge in [0.05, 0.1) is 13.2 Å². The predicted octanol–water partition coefficient (Wildman–Crippen LogP) is 3.46. The van der Waals surface area contributed by atoms with Crippen LogP contribution in [-0.2, 0) is 11.2 Å². The third kappa shape index (κ3) is 2.29. The molecule has 0 radical (unpaired) electrons. The monoisotopic (exact) mass is 297 g/mol. The average molecular weight is 297 g/mol. The van der Waals surface area contributed by atoms with Gasteiger partial charge in [0.1, 0.15) is 5.75 Å². The maximum Gasteiger partial charge on any atom is 0.158 e. The quantitative estimate of drug-likeness (QED) is 0.804. The maximum absolute atomic E-state index is 6.47. The molecule has 4 rings (SSSR count). The van der Waals surface area contributed by atoms with Crippen molar-refractivity contribution in [2.24, 2.45) is 5.41 Å².